The van der Waals surface area contributed by atoms with E-state index >= 15 is 0 Å². The quantitative estimate of drug-likeness (QED) is 0.131. The molecule has 14 nitrogen and oxygen atoms in total. The van der Waals surface area contributed by atoms with E-state index in [0.717, 1.165) is 111 Å². The van der Waals surface area contributed by atoms with Crippen molar-refractivity contribution >= 4 is 33.6 Å². The van der Waals surface area contributed by atoms with Gasteiger partial charge in [-0.25, -0.2) is 19.9 Å². The van der Waals surface area contributed by atoms with Crippen LogP contribution >= 0.6 is 0 Å². The molecule has 2 fully saturated rings. The van der Waals surface area contributed by atoms with Gasteiger partial charge in [-0.05, 0) is 87.3 Å². The highest BCUT2D eigenvalue weighted by Crippen LogP contribution is 2.41. The number of hydrogen-bond donors (Lipinski definition) is 5. The normalized spacial score (nSPS) is 17.5. The van der Waals surface area contributed by atoms with Gasteiger partial charge in [-0.1, -0.05) is 36.4 Å². The molecule has 0 radical (unpaired) electrons. The van der Waals surface area contributed by atoms with Gasteiger partial charge in [0.2, 0.25) is 0 Å². The summed E-state index contributed by atoms with van der Waals surface area (Å²) in [7, 11) is 0. The molecule has 10 heterocycles. The van der Waals surface area contributed by atoms with Gasteiger partial charge in [0.05, 0.1) is 44.9 Å². The molecule has 6 aromatic heterocycles. The lowest BCUT2D eigenvalue weighted by molar-refractivity contribution is 0.0442. The van der Waals surface area contributed by atoms with Crippen LogP contribution in [0.2, 0.25) is 0 Å². The van der Waals surface area contributed by atoms with Crippen LogP contribution in [0.1, 0.15) is 57.8 Å². The van der Waals surface area contributed by atoms with Gasteiger partial charge in [-0.15, -0.1) is 0 Å². The second-order valence-corrected chi connectivity index (χ2v) is 16.6. The molecule has 2 amide bonds. The number of H-pyrrole nitrogens is 2. The van der Waals surface area contributed by atoms with Crippen molar-refractivity contribution in [1.82, 2.24) is 55.8 Å². The number of aromatic nitrogens is 8. The molecule has 308 valence electrons. The van der Waals surface area contributed by atoms with Crippen molar-refractivity contribution < 1.29 is 14.3 Å². The maximum absolute atomic E-state index is 12.6. The Morgan fingerprint density at radius 3 is 1.55 bits per heavy atom. The highest BCUT2D eigenvalue weighted by molar-refractivity contribution is 5.99. The maximum atomic E-state index is 12.6. The first kappa shape index (κ1) is 37.8. The standard InChI is InChI=1S/C24H22N6O.C24H21N5O2/c31-23-17-12-20(29-21(17)24(14-28-23)6-9-25-10-7-24)19-5-8-26-22(30-19)16-11-15-3-1-2-4-18(15)27-13-16;30-23-17-12-20(28-21(17)24(14-27-23)6-9-31-10-7-24)19-5-8-25-22(29-19)16-11-15-3-1-2-4-18(15)26-13-16/h1-5,8,11-13,25,29H,6-7,9-10,14H2,(H,28,31);1-5,8,11-13,28H,6-7,9-10,14H2,(H,27,30). The number of amides is 2. The van der Waals surface area contributed by atoms with Crippen molar-refractivity contribution in [3.05, 3.63) is 132 Å². The first-order chi connectivity index (χ1) is 30.4. The Bertz CT molecular complexity index is 2810. The Morgan fingerprint density at radius 2 is 1.03 bits per heavy atom. The molecule has 4 aliphatic heterocycles. The average molecular weight is 822 g/mol. The summed E-state index contributed by atoms with van der Waals surface area (Å²) in [6.07, 6.45) is 10.9. The van der Waals surface area contributed by atoms with Crippen molar-refractivity contribution in [2.24, 2.45) is 0 Å². The highest BCUT2D eigenvalue weighted by atomic mass is 16.5. The van der Waals surface area contributed by atoms with Gasteiger partial charge in [0.25, 0.3) is 11.8 Å². The minimum absolute atomic E-state index is 0.0188. The molecule has 12 rings (SSSR count). The third kappa shape index (κ3) is 6.77. The zero-order valence-corrected chi connectivity index (χ0v) is 33.9. The summed E-state index contributed by atoms with van der Waals surface area (Å²) in [6, 6.07) is 27.7. The molecule has 0 atom stereocenters. The molecule has 0 bridgehead atoms. The van der Waals surface area contributed by atoms with E-state index in [1.165, 1.54) is 0 Å². The van der Waals surface area contributed by atoms with Crippen LogP contribution in [-0.2, 0) is 15.6 Å². The van der Waals surface area contributed by atoms with Crippen molar-refractivity contribution in [2.45, 2.75) is 36.5 Å². The number of ether oxygens (including phenoxy) is 1. The fourth-order valence-electron chi connectivity index (χ4n) is 9.45. The van der Waals surface area contributed by atoms with Crippen molar-refractivity contribution in [1.29, 1.82) is 0 Å². The minimum Gasteiger partial charge on any atom is -0.381 e. The predicted molar refractivity (Wildman–Crippen MR) is 235 cm³/mol. The lowest BCUT2D eigenvalue weighted by atomic mass is 9.73. The van der Waals surface area contributed by atoms with E-state index in [9.17, 15) is 9.59 Å². The Morgan fingerprint density at radius 1 is 0.548 bits per heavy atom. The molecule has 0 saturated carbocycles. The molecule has 4 aliphatic rings. The van der Waals surface area contributed by atoms with Gasteiger partial charge in [0.15, 0.2) is 11.6 Å². The van der Waals surface area contributed by atoms with Crippen LogP contribution in [0.15, 0.2) is 110 Å². The number of carbonyl (C=O) groups is 2. The largest absolute Gasteiger partial charge is 0.381 e. The number of pyridine rings is 2. The number of nitrogens with zero attached hydrogens (tertiary/aromatic N) is 6. The fraction of sp³-hybridized carbons (Fsp3) is 0.250. The molecular weight excluding hydrogens is 779 g/mol. The monoisotopic (exact) mass is 821 g/mol. The minimum atomic E-state index is -0.0993. The summed E-state index contributed by atoms with van der Waals surface area (Å²) < 4.78 is 5.57. The van der Waals surface area contributed by atoms with Crippen molar-refractivity contribution in [3.63, 3.8) is 0 Å². The maximum Gasteiger partial charge on any atom is 0.253 e. The predicted octanol–water partition coefficient (Wildman–Crippen LogP) is 6.53. The van der Waals surface area contributed by atoms with Crippen LogP contribution in [0.3, 0.4) is 0 Å². The summed E-state index contributed by atoms with van der Waals surface area (Å²) in [4.78, 5) is 59.8. The summed E-state index contributed by atoms with van der Waals surface area (Å²) in [5.41, 5.74) is 10.1. The van der Waals surface area contributed by atoms with Crippen LogP contribution in [0.25, 0.3) is 67.4 Å². The average Bonchev–Trinajstić information content (AvgIpc) is 4.01. The Kier molecular flexibility index (Phi) is 9.38. The van der Waals surface area contributed by atoms with Crippen LogP contribution in [0, 0.1) is 0 Å². The number of aromatic amines is 2. The molecule has 8 aromatic rings. The highest BCUT2D eigenvalue weighted by Gasteiger charge is 2.43. The van der Waals surface area contributed by atoms with Gasteiger partial charge in [0.1, 0.15) is 0 Å². The van der Waals surface area contributed by atoms with E-state index in [4.69, 9.17) is 14.7 Å². The third-order valence-corrected chi connectivity index (χ3v) is 12.9. The van der Waals surface area contributed by atoms with Gasteiger partial charge in [0, 0.05) is 95.2 Å². The van der Waals surface area contributed by atoms with Crippen LogP contribution < -0.4 is 16.0 Å². The van der Waals surface area contributed by atoms with E-state index < -0.39 is 0 Å². The summed E-state index contributed by atoms with van der Waals surface area (Å²) in [6.45, 7) is 4.64. The second kappa shape index (κ2) is 15.4. The number of hydrogen-bond acceptors (Lipinski definition) is 10. The topological polar surface area (TPSA) is 188 Å². The fourth-order valence-corrected chi connectivity index (χ4v) is 9.45. The SMILES string of the molecule is O=C1NCC2(CCNCC2)c2[nH]c(-c3ccnc(-c4cnc5ccccc5c4)n3)cc21.O=C1NCC2(CCOCC2)c2[nH]c(-c3ccnc(-c4cnc5ccccc5c4)n3)cc21. The lowest BCUT2D eigenvalue weighted by Gasteiger charge is -2.40. The number of nitrogens with one attached hydrogen (secondary N) is 5. The first-order valence-corrected chi connectivity index (χ1v) is 21.1. The molecule has 2 aromatic carbocycles. The molecule has 62 heavy (non-hydrogen) atoms. The van der Waals surface area contributed by atoms with Gasteiger partial charge < -0.3 is 30.7 Å². The summed E-state index contributed by atoms with van der Waals surface area (Å²) >= 11 is 0. The van der Waals surface area contributed by atoms with Gasteiger partial charge in [-0.3, -0.25) is 19.6 Å². The summed E-state index contributed by atoms with van der Waals surface area (Å²) in [5, 5.41) is 11.7. The number of rotatable bonds is 4. The zero-order chi connectivity index (χ0) is 41.7. The number of benzene rings is 2. The van der Waals surface area contributed by atoms with Crippen LogP contribution in [0.5, 0.6) is 0 Å². The zero-order valence-electron chi connectivity index (χ0n) is 33.9. The lowest BCUT2D eigenvalue weighted by Crippen LogP contribution is -2.51. The number of carbonyl (C=O) groups excluding carboxylic acids is 2. The number of para-hydroxylation sites is 2. The van der Waals surface area contributed by atoms with Crippen LogP contribution in [-0.4, -0.2) is 91.1 Å². The molecular formula is C48H43N11O3. The molecule has 2 saturated heterocycles. The first-order valence-electron chi connectivity index (χ1n) is 21.1. The van der Waals surface area contributed by atoms with Crippen molar-refractivity contribution in [3.8, 4) is 45.6 Å². The second-order valence-electron chi connectivity index (χ2n) is 16.6. The molecule has 2 spiro atoms. The van der Waals surface area contributed by atoms with Crippen molar-refractivity contribution in [2.75, 3.05) is 39.4 Å². The third-order valence-electron chi connectivity index (χ3n) is 12.9. The van der Waals surface area contributed by atoms with E-state index in [1.54, 1.807) is 24.8 Å². The van der Waals surface area contributed by atoms with Crippen LogP contribution in [0.4, 0.5) is 0 Å². The molecule has 14 heteroatoms. The Balaban J connectivity index is 0.000000139. The molecule has 0 unspecified atom stereocenters. The van der Waals surface area contributed by atoms with E-state index in [1.807, 2.05) is 78.9 Å². The Labute approximate surface area is 356 Å². The molecule has 5 N–H and O–H groups in total. The molecule has 0 aliphatic carbocycles. The van der Waals surface area contributed by atoms with E-state index in [-0.39, 0.29) is 22.6 Å². The number of fused-ring (bicyclic) bond motifs is 6. The smallest absolute Gasteiger partial charge is 0.253 e. The van der Waals surface area contributed by atoms with Gasteiger partial charge >= 0.3 is 0 Å². The Hall–Kier alpha value is -7.16. The number of piperidine rings is 1. The van der Waals surface area contributed by atoms with E-state index in [2.05, 4.69) is 51.9 Å². The summed E-state index contributed by atoms with van der Waals surface area (Å²) in [5.74, 6) is 1.16. The van der Waals surface area contributed by atoms with Gasteiger partial charge in [-0.2, -0.15) is 0 Å². The van der Waals surface area contributed by atoms with E-state index in [0.29, 0.717) is 43.5 Å².